The van der Waals surface area contributed by atoms with Crippen molar-refractivity contribution in [2.45, 2.75) is 25.3 Å². The molecule has 3 rings (SSSR count). The molecule has 0 saturated carbocycles. The molecule has 3 nitrogen and oxygen atoms in total. The number of halogens is 3. The zero-order chi connectivity index (χ0) is 17.5. The molecular formula is C17H15F3N2OS. The van der Waals surface area contributed by atoms with Gasteiger partial charge in [-0.3, -0.25) is 9.80 Å². The van der Waals surface area contributed by atoms with Crippen molar-refractivity contribution in [2.75, 3.05) is 7.05 Å². The molecule has 1 aliphatic heterocycles. The molecule has 0 amide bonds. The fourth-order valence-electron chi connectivity index (χ4n) is 2.63. The quantitative estimate of drug-likeness (QED) is 0.773. The van der Waals surface area contributed by atoms with Gasteiger partial charge in [0.05, 0.1) is 15.5 Å². The third kappa shape index (κ3) is 3.21. The van der Waals surface area contributed by atoms with Gasteiger partial charge in [0, 0.05) is 26.0 Å². The number of ketones is 1. The van der Waals surface area contributed by atoms with Gasteiger partial charge in [-0.1, -0.05) is 0 Å². The highest BCUT2D eigenvalue weighted by Gasteiger charge is 2.41. The minimum Gasteiger partial charge on any atom is -0.290 e. The highest BCUT2D eigenvalue weighted by atomic mass is 32.1. The Morgan fingerprint density at radius 2 is 1.92 bits per heavy atom. The summed E-state index contributed by atoms with van der Waals surface area (Å²) in [5.74, 6) is -3.49. The summed E-state index contributed by atoms with van der Waals surface area (Å²) < 4.78 is 40.1. The normalized spacial score (nSPS) is 18.0. The monoisotopic (exact) mass is 352 g/mol. The molecule has 126 valence electrons. The number of thiophene rings is 1. The second-order valence-corrected chi connectivity index (χ2v) is 6.88. The van der Waals surface area contributed by atoms with Crippen molar-refractivity contribution < 1.29 is 18.0 Å². The second kappa shape index (κ2) is 6.05. The van der Waals surface area contributed by atoms with Crippen LogP contribution in [0.25, 0.3) is 0 Å². The average molecular weight is 352 g/mol. The first kappa shape index (κ1) is 16.7. The van der Waals surface area contributed by atoms with Gasteiger partial charge >= 0.3 is 0 Å². The van der Waals surface area contributed by atoms with E-state index < -0.39 is 17.8 Å². The van der Waals surface area contributed by atoms with Crippen LogP contribution in [0.5, 0.6) is 0 Å². The smallest absolute Gasteiger partial charge is 0.267 e. The molecule has 0 spiro atoms. The van der Waals surface area contributed by atoms with Crippen LogP contribution >= 0.6 is 11.3 Å². The molecule has 7 heteroatoms. The topological polar surface area (TPSA) is 32.7 Å². The van der Waals surface area contributed by atoms with E-state index in [4.69, 9.17) is 0 Å². The molecule has 0 aliphatic carbocycles. The molecule has 2 heterocycles. The van der Waals surface area contributed by atoms with Gasteiger partial charge in [0.25, 0.3) is 5.92 Å². The van der Waals surface area contributed by atoms with Crippen molar-refractivity contribution in [3.8, 4) is 0 Å². The molecule has 1 aliphatic rings. The molecule has 0 radical (unpaired) electrons. The Morgan fingerprint density at radius 1 is 1.25 bits per heavy atom. The van der Waals surface area contributed by atoms with E-state index in [1.165, 1.54) is 47.7 Å². The molecule has 0 fully saturated rings. The Bertz CT molecular complexity index is 793. The highest BCUT2D eigenvalue weighted by molar-refractivity contribution is 7.16. The Labute approximate surface area is 141 Å². The SMILES string of the molecule is CN1N=C(c2ccc(C(=O)c3ccc(F)cc3)s2)CC1C(C)(F)F. The van der Waals surface area contributed by atoms with Gasteiger partial charge in [-0.2, -0.15) is 5.10 Å². The number of carbonyl (C=O) groups excluding carboxylic acids is 1. The van der Waals surface area contributed by atoms with Crippen LogP contribution in [-0.4, -0.2) is 35.5 Å². The molecule has 2 aromatic rings. The van der Waals surface area contributed by atoms with E-state index in [1.807, 2.05) is 0 Å². The summed E-state index contributed by atoms with van der Waals surface area (Å²) in [6.45, 7) is 0.880. The molecule has 0 N–H and O–H groups in total. The Morgan fingerprint density at radius 3 is 2.50 bits per heavy atom. The minimum atomic E-state index is -2.86. The third-order valence-corrected chi connectivity index (χ3v) is 5.05. The predicted octanol–water partition coefficient (Wildman–Crippen LogP) is 4.18. The van der Waals surface area contributed by atoms with Gasteiger partial charge in [0.1, 0.15) is 11.9 Å². The number of hydrogen-bond acceptors (Lipinski definition) is 4. The Hall–Kier alpha value is -2.15. The summed E-state index contributed by atoms with van der Waals surface area (Å²) in [7, 11) is 1.52. The van der Waals surface area contributed by atoms with Crippen molar-refractivity contribution in [3.05, 3.63) is 57.5 Å². The van der Waals surface area contributed by atoms with E-state index in [0.29, 0.717) is 21.0 Å². The van der Waals surface area contributed by atoms with E-state index in [2.05, 4.69) is 5.10 Å². The van der Waals surface area contributed by atoms with Crippen molar-refractivity contribution in [2.24, 2.45) is 5.10 Å². The van der Waals surface area contributed by atoms with Gasteiger partial charge in [-0.05, 0) is 36.4 Å². The number of nitrogens with zero attached hydrogens (tertiary/aromatic N) is 2. The lowest BCUT2D eigenvalue weighted by Crippen LogP contribution is -2.38. The summed E-state index contributed by atoms with van der Waals surface area (Å²) >= 11 is 1.21. The fourth-order valence-corrected chi connectivity index (χ4v) is 3.59. The van der Waals surface area contributed by atoms with Crippen molar-refractivity contribution >= 4 is 22.8 Å². The molecule has 1 aromatic heterocycles. The van der Waals surface area contributed by atoms with Crippen molar-refractivity contribution in [3.63, 3.8) is 0 Å². The van der Waals surface area contributed by atoms with Crippen LogP contribution in [0.1, 0.15) is 33.5 Å². The summed E-state index contributed by atoms with van der Waals surface area (Å²) in [6.07, 6.45) is 0.130. The third-order valence-electron chi connectivity index (χ3n) is 3.92. The lowest BCUT2D eigenvalue weighted by atomic mass is 10.1. The van der Waals surface area contributed by atoms with Crippen LogP contribution in [-0.2, 0) is 0 Å². The lowest BCUT2D eigenvalue weighted by Gasteiger charge is -2.24. The van der Waals surface area contributed by atoms with Crippen LogP contribution in [0.3, 0.4) is 0 Å². The molecule has 1 aromatic carbocycles. The summed E-state index contributed by atoms with van der Waals surface area (Å²) in [4.78, 5) is 13.6. The number of hydrazone groups is 1. The number of hydrogen-bond donors (Lipinski definition) is 0. The predicted molar refractivity (Wildman–Crippen MR) is 87.5 cm³/mol. The van der Waals surface area contributed by atoms with E-state index in [0.717, 1.165) is 6.92 Å². The van der Waals surface area contributed by atoms with Crippen LogP contribution in [0.15, 0.2) is 41.5 Å². The number of rotatable bonds is 4. The zero-order valence-electron chi connectivity index (χ0n) is 13.1. The lowest BCUT2D eigenvalue weighted by molar-refractivity contribution is -0.0499. The minimum absolute atomic E-state index is 0.130. The molecule has 0 saturated heterocycles. The largest absolute Gasteiger partial charge is 0.290 e. The van der Waals surface area contributed by atoms with Crippen molar-refractivity contribution in [1.29, 1.82) is 0 Å². The summed E-state index contributed by atoms with van der Waals surface area (Å²) in [6, 6.07) is 7.68. The first-order valence-corrected chi connectivity index (χ1v) is 8.16. The van der Waals surface area contributed by atoms with Gasteiger partial charge < -0.3 is 0 Å². The van der Waals surface area contributed by atoms with Gasteiger partial charge in [-0.25, -0.2) is 13.2 Å². The molecule has 1 unspecified atom stereocenters. The van der Waals surface area contributed by atoms with Gasteiger partial charge in [-0.15, -0.1) is 11.3 Å². The number of carbonyl (C=O) groups is 1. The van der Waals surface area contributed by atoms with Crippen LogP contribution in [0.2, 0.25) is 0 Å². The Kier molecular flexibility index (Phi) is 4.21. The summed E-state index contributed by atoms with van der Waals surface area (Å²) in [5.41, 5.74) is 0.931. The van der Waals surface area contributed by atoms with E-state index in [-0.39, 0.29) is 12.2 Å². The maximum absolute atomic E-state index is 13.6. The van der Waals surface area contributed by atoms with Crippen LogP contribution in [0, 0.1) is 5.82 Å². The number of alkyl halides is 2. The van der Waals surface area contributed by atoms with Gasteiger partial charge in [0.2, 0.25) is 5.78 Å². The molecule has 24 heavy (non-hydrogen) atoms. The van der Waals surface area contributed by atoms with E-state index in [1.54, 1.807) is 12.1 Å². The van der Waals surface area contributed by atoms with E-state index >= 15 is 0 Å². The highest BCUT2D eigenvalue weighted by Crippen LogP contribution is 2.32. The molecule has 1 atom stereocenters. The van der Waals surface area contributed by atoms with Gasteiger partial charge in [0.15, 0.2) is 0 Å². The first-order chi connectivity index (χ1) is 11.3. The maximum Gasteiger partial charge on any atom is 0.267 e. The van der Waals surface area contributed by atoms with Crippen molar-refractivity contribution in [1.82, 2.24) is 5.01 Å². The fraction of sp³-hybridized carbons (Fsp3) is 0.294. The van der Waals surface area contributed by atoms with Crippen LogP contribution < -0.4 is 0 Å². The summed E-state index contributed by atoms with van der Waals surface area (Å²) in [5, 5.41) is 5.46. The zero-order valence-corrected chi connectivity index (χ0v) is 13.9. The molecule has 0 bridgehead atoms. The average Bonchev–Trinajstić information content (AvgIpc) is 3.13. The van der Waals surface area contributed by atoms with Crippen LogP contribution in [0.4, 0.5) is 13.2 Å². The molecular weight excluding hydrogens is 337 g/mol. The number of benzene rings is 1. The second-order valence-electron chi connectivity index (χ2n) is 5.80. The maximum atomic E-state index is 13.6. The standard InChI is InChI=1S/C17H15F3N2OS/c1-17(19,20)15-9-12(21-22(15)2)13-7-8-14(24-13)16(23)10-3-5-11(18)6-4-10/h3-8,15H,9H2,1-2H3. The first-order valence-electron chi connectivity index (χ1n) is 7.34. The van der Waals surface area contributed by atoms with E-state index in [9.17, 15) is 18.0 Å². The Balaban J connectivity index is 1.80.